The molecule has 1 aliphatic carbocycles. The smallest absolute Gasteiger partial charge is 0.0635 e. The zero-order valence-electron chi connectivity index (χ0n) is 8.21. The van der Waals surface area contributed by atoms with Crippen LogP contribution in [0, 0.1) is 17.2 Å². The predicted molar refractivity (Wildman–Crippen MR) is 52.2 cm³/mol. The van der Waals surface area contributed by atoms with Crippen LogP contribution in [0.2, 0.25) is 0 Å². The quantitative estimate of drug-likeness (QED) is 0.648. The largest absolute Gasteiger partial charge is 0.299 e. The Bertz CT molecular complexity index is 207. The zero-order chi connectivity index (χ0) is 9.10. The fourth-order valence-corrected chi connectivity index (χ4v) is 2.97. The highest BCUT2D eigenvalue weighted by Crippen LogP contribution is 2.35. The molecule has 0 bridgehead atoms. The van der Waals surface area contributed by atoms with Gasteiger partial charge in [0, 0.05) is 19.0 Å². The monoisotopic (exact) mass is 178 g/mol. The van der Waals surface area contributed by atoms with Gasteiger partial charge in [-0.3, -0.25) is 4.90 Å². The molecule has 72 valence electrons. The van der Waals surface area contributed by atoms with Gasteiger partial charge in [-0.2, -0.15) is 5.26 Å². The highest BCUT2D eigenvalue weighted by atomic mass is 15.2. The average Bonchev–Trinajstić information content (AvgIpc) is 2.58. The molecular weight excluding hydrogens is 160 g/mol. The van der Waals surface area contributed by atoms with Gasteiger partial charge in [-0.1, -0.05) is 12.8 Å². The summed E-state index contributed by atoms with van der Waals surface area (Å²) in [5.74, 6) is 0.965. The third kappa shape index (κ3) is 1.86. The van der Waals surface area contributed by atoms with E-state index >= 15 is 0 Å². The van der Waals surface area contributed by atoms with Crippen LogP contribution in [0.15, 0.2) is 0 Å². The molecule has 0 aromatic heterocycles. The molecule has 2 heteroatoms. The van der Waals surface area contributed by atoms with E-state index in [0.29, 0.717) is 6.42 Å². The minimum Gasteiger partial charge on any atom is -0.299 e. The summed E-state index contributed by atoms with van der Waals surface area (Å²) in [6.07, 6.45) is 7.76. The second-order valence-corrected chi connectivity index (χ2v) is 4.34. The average molecular weight is 178 g/mol. The van der Waals surface area contributed by atoms with Crippen LogP contribution in [0.4, 0.5) is 0 Å². The van der Waals surface area contributed by atoms with Crippen LogP contribution in [0.3, 0.4) is 0 Å². The van der Waals surface area contributed by atoms with Crippen molar-refractivity contribution >= 4 is 0 Å². The van der Waals surface area contributed by atoms with Gasteiger partial charge < -0.3 is 0 Å². The van der Waals surface area contributed by atoms with Crippen molar-refractivity contribution in [3.05, 3.63) is 0 Å². The van der Waals surface area contributed by atoms with Crippen LogP contribution in [0.5, 0.6) is 0 Å². The van der Waals surface area contributed by atoms with Gasteiger partial charge in [-0.05, 0) is 31.7 Å². The first-order valence-corrected chi connectivity index (χ1v) is 5.53. The van der Waals surface area contributed by atoms with Crippen molar-refractivity contribution in [2.24, 2.45) is 5.92 Å². The van der Waals surface area contributed by atoms with Crippen LogP contribution in [0.25, 0.3) is 0 Å². The molecular formula is C11H18N2. The van der Waals surface area contributed by atoms with Gasteiger partial charge in [0.2, 0.25) is 0 Å². The lowest BCUT2D eigenvalue weighted by Gasteiger charge is -2.31. The summed E-state index contributed by atoms with van der Waals surface area (Å²) in [4.78, 5) is 2.55. The lowest BCUT2D eigenvalue weighted by molar-refractivity contribution is 0.186. The maximum atomic E-state index is 8.55. The van der Waals surface area contributed by atoms with Crippen LogP contribution < -0.4 is 0 Å². The summed E-state index contributed by atoms with van der Waals surface area (Å²) in [5, 5.41) is 8.55. The van der Waals surface area contributed by atoms with E-state index in [-0.39, 0.29) is 0 Å². The molecule has 0 aromatic rings. The Balaban J connectivity index is 1.88. The lowest BCUT2D eigenvalue weighted by Crippen LogP contribution is -2.35. The molecule has 2 atom stereocenters. The molecule has 13 heavy (non-hydrogen) atoms. The molecule has 0 N–H and O–H groups in total. The van der Waals surface area contributed by atoms with Crippen molar-refractivity contribution in [3.8, 4) is 6.07 Å². The number of hydrogen-bond donors (Lipinski definition) is 0. The third-order valence-electron chi connectivity index (χ3n) is 3.64. The molecule has 2 aliphatic rings. The van der Waals surface area contributed by atoms with E-state index < -0.39 is 0 Å². The SMILES string of the molecule is N#CCCN1CCC2CCCCC21. The normalized spacial score (nSPS) is 34.1. The Kier molecular flexibility index (Phi) is 2.85. The van der Waals surface area contributed by atoms with Gasteiger partial charge in [-0.25, -0.2) is 0 Å². The highest BCUT2D eigenvalue weighted by molar-refractivity contribution is 4.90. The number of nitriles is 1. The van der Waals surface area contributed by atoms with Crippen molar-refractivity contribution < 1.29 is 0 Å². The standard InChI is InChI=1S/C11H18N2/c12-7-3-8-13-9-6-10-4-1-2-5-11(10)13/h10-11H,1-6,8-9H2. The molecule has 0 spiro atoms. The molecule has 1 heterocycles. The highest BCUT2D eigenvalue weighted by Gasteiger charge is 2.34. The first-order valence-electron chi connectivity index (χ1n) is 5.53. The Morgan fingerprint density at radius 1 is 1.23 bits per heavy atom. The van der Waals surface area contributed by atoms with Gasteiger partial charge in [0.15, 0.2) is 0 Å². The summed E-state index contributed by atoms with van der Waals surface area (Å²) in [6.45, 7) is 2.26. The molecule has 2 fully saturated rings. The third-order valence-corrected chi connectivity index (χ3v) is 3.64. The van der Waals surface area contributed by atoms with E-state index in [1.54, 1.807) is 0 Å². The molecule has 0 radical (unpaired) electrons. The summed E-state index contributed by atoms with van der Waals surface area (Å²) < 4.78 is 0. The maximum Gasteiger partial charge on any atom is 0.0635 e. The van der Waals surface area contributed by atoms with E-state index in [1.165, 1.54) is 38.6 Å². The molecule has 1 saturated heterocycles. The van der Waals surface area contributed by atoms with Gasteiger partial charge in [0.05, 0.1) is 6.07 Å². The Morgan fingerprint density at radius 3 is 2.92 bits per heavy atom. The molecule has 1 saturated carbocycles. The molecule has 0 amide bonds. The number of nitrogens with zero attached hydrogens (tertiary/aromatic N) is 2. The van der Waals surface area contributed by atoms with E-state index in [1.807, 2.05) is 0 Å². The fraction of sp³-hybridized carbons (Fsp3) is 0.909. The van der Waals surface area contributed by atoms with E-state index in [4.69, 9.17) is 5.26 Å². The Labute approximate surface area is 80.5 Å². The minimum absolute atomic E-state index is 0.712. The number of likely N-dealkylation sites (tertiary alicyclic amines) is 1. The second kappa shape index (κ2) is 4.11. The van der Waals surface area contributed by atoms with Crippen molar-refractivity contribution in [1.29, 1.82) is 5.26 Å². The van der Waals surface area contributed by atoms with E-state index in [0.717, 1.165) is 18.5 Å². The molecule has 2 unspecified atom stereocenters. The zero-order valence-corrected chi connectivity index (χ0v) is 8.21. The van der Waals surface area contributed by atoms with Crippen molar-refractivity contribution in [3.63, 3.8) is 0 Å². The van der Waals surface area contributed by atoms with Gasteiger partial charge in [0.1, 0.15) is 0 Å². The number of rotatable bonds is 2. The number of hydrogen-bond acceptors (Lipinski definition) is 2. The van der Waals surface area contributed by atoms with Crippen molar-refractivity contribution in [2.75, 3.05) is 13.1 Å². The molecule has 0 aromatic carbocycles. The Morgan fingerprint density at radius 2 is 2.08 bits per heavy atom. The van der Waals surface area contributed by atoms with Gasteiger partial charge in [-0.15, -0.1) is 0 Å². The van der Waals surface area contributed by atoms with Crippen molar-refractivity contribution in [2.45, 2.75) is 44.6 Å². The lowest BCUT2D eigenvalue weighted by atomic mass is 9.85. The summed E-state index contributed by atoms with van der Waals surface area (Å²) in [5.41, 5.74) is 0. The summed E-state index contributed by atoms with van der Waals surface area (Å²) in [7, 11) is 0. The molecule has 2 nitrogen and oxygen atoms in total. The first-order chi connectivity index (χ1) is 6.42. The Hall–Kier alpha value is -0.550. The van der Waals surface area contributed by atoms with Crippen molar-refractivity contribution in [1.82, 2.24) is 4.90 Å². The summed E-state index contributed by atoms with van der Waals surface area (Å²) >= 11 is 0. The predicted octanol–water partition coefficient (Wildman–Crippen LogP) is 2.16. The van der Waals surface area contributed by atoms with Crippen LogP contribution in [0.1, 0.15) is 38.5 Å². The topological polar surface area (TPSA) is 27.0 Å². The number of fused-ring (bicyclic) bond motifs is 1. The minimum atomic E-state index is 0.712. The van der Waals surface area contributed by atoms with E-state index in [2.05, 4.69) is 11.0 Å². The molecule has 1 aliphatic heterocycles. The van der Waals surface area contributed by atoms with Crippen LogP contribution >= 0.6 is 0 Å². The second-order valence-electron chi connectivity index (χ2n) is 4.34. The van der Waals surface area contributed by atoms with E-state index in [9.17, 15) is 0 Å². The fourth-order valence-electron chi connectivity index (χ4n) is 2.97. The van der Waals surface area contributed by atoms with Gasteiger partial charge >= 0.3 is 0 Å². The summed E-state index contributed by atoms with van der Waals surface area (Å²) in [6, 6.07) is 3.08. The van der Waals surface area contributed by atoms with Gasteiger partial charge in [0.25, 0.3) is 0 Å². The first kappa shape index (κ1) is 9.02. The molecule has 2 rings (SSSR count). The van der Waals surface area contributed by atoms with Crippen LogP contribution in [-0.2, 0) is 0 Å². The maximum absolute atomic E-state index is 8.55. The van der Waals surface area contributed by atoms with Crippen LogP contribution in [-0.4, -0.2) is 24.0 Å².